The van der Waals surface area contributed by atoms with Crippen molar-refractivity contribution in [3.63, 3.8) is 0 Å². The van der Waals surface area contributed by atoms with Crippen LogP contribution in [0.5, 0.6) is 0 Å². The average Bonchev–Trinajstić information content (AvgIpc) is 3.19. The van der Waals surface area contributed by atoms with Gasteiger partial charge in [-0.05, 0) is 47.7 Å². The Morgan fingerprint density at radius 2 is 1.93 bits per heavy atom. The number of aryl methyl sites for hydroxylation is 1. The third-order valence-electron chi connectivity index (χ3n) is 4.63. The minimum atomic E-state index is -3.53. The molecule has 4 aromatic rings. The molecule has 0 spiro atoms. The van der Waals surface area contributed by atoms with E-state index in [1.165, 1.54) is 6.26 Å². The predicted molar refractivity (Wildman–Crippen MR) is 109 cm³/mol. The molecule has 0 atom stereocenters. The lowest BCUT2D eigenvalue weighted by Gasteiger charge is -2.12. The number of hydrogen-bond acceptors (Lipinski definition) is 5. The Hall–Kier alpha value is -2.70. The predicted octanol–water partition coefficient (Wildman–Crippen LogP) is 5.08. The van der Waals surface area contributed by atoms with E-state index < -0.39 is 9.84 Å². The number of sulfone groups is 1. The van der Waals surface area contributed by atoms with Crippen LogP contribution in [0.4, 0.5) is 0 Å². The summed E-state index contributed by atoms with van der Waals surface area (Å²) >= 11 is 6.13. The van der Waals surface area contributed by atoms with E-state index in [1.807, 2.05) is 24.3 Å². The van der Waals surface area contributed by atoms with Gasteiger partial charge in [-0.2, -0.15) is 0 Å². The van der Waals surface area contributed by atoms with Gasteiger partial charge in [-0.1, -0.05) is 35.8 Å². The van der Waals surface area contributed by atoms with Crippen LogP contribution in [0.2, 0.25) is 5.02 Å². The van der Waals surface area contributed by atoms with Crippen molar-refractivity contribution in [3.8, 4) is 11.3 Å². The van der Waals surface area contributed by atoms with E-state index in [4.69, 9.17) is 16.1 Å². The van der Waals surface area contributed by atoms with Crippen LogP contribution < -0.4 is 0 Å². The van der Waals surface area contributed by atoms with Crippen LogP contribution in [0.15, 0.2) is 70.4 Å². The van der Waals surface area contributed by atoms with Gasteiger partial charge < -0.3 is 4.52 Å². The standard InChI is InChI=1S/C21H17ClN2O3S/c1-2-14-11-16(22)3-5-19(14)21-20-6-4-18(12-15(20)7-9-23-21)28(25,26)13-17-8-10-27-24-17/h3-12H,2,13H2,1H3. The van der Waals surface area contributed by atoms with Crippen molar-refractivity contribution in [2.75, 3.05) is 0 Å². The van der Waals surface area contributed by atoms with Gasteiger partial charge in [0.05, 0.1) is 16.3 Å². The molecule has 0 unspecified atom stereocenters. The third-order valence-corrected chi connectivity index (χ3v) is 6.51. The lowest BCUT2D eigenvalue weighted by molar-refractivity contribution is 0.413. The molecule has 0 saturated heterocycles. The molecule has 0 bridgehead atoms. The molecular weight excluding hydrogens is 396 g/mol. The minimum absolute atomic E-state index is 0.204. The average molecular weight is 413 g/mol. The number of nitrogens with zero attached hydrogens (tertiary/aromatic N) is 2. The van der Waals surface area contributed by atoms with E-state index in [0.29, 0.717) is 10.7 Å². The maximum absolute atomic E-state index is 12.7. The fourth-order valence-corrected chi connectivity index (χ4v) is 4.72. The summed E-state index contributed by atoms with van der Waals surface area (Å²) in [6.07, 6.45) is 3.87. The monoisotopic (exact) mass is 412 g/mol. The van der Waals surface area contributed by atoms with E-state index in [2.05, 4.69) is 17.1 Å². The molecule has 7 heteroatoms. The number of aromatic nitrogens is 2. The Balaban J connectivity index is 1.81. The largest absolute Gasteiger partial charge is 0.364 e. The maximum Gasteiger partial charge on any atom is 0.184 e. The Labute approximate surface area is 167 Å². The Kier molecular flexibility index (Phi) is 4.91. The second kappa shape index (κ2) is 7.37. The van der Waals surface area contributed by atoms with Crippen molar-refractivity contribution in [1.29, 1.82) is 0 Å². The van der Waals surface area contributed by atoms with Crippen molar-refractivity contribution in [2.45, 2.75) is 24.0 Å². The van der Waals surface area contributed by atoms with Gasteiger partial charge in [-0.25, -0.2) is 8.42 Å². The highest BCUT2D eigenvalue weighted by Gasteiger charge is 2.18. The third kappa shape index (κ3) is 3.53. The lowest BCUT2D eigenvalue weighted by atomic mass is 9.98. The number of fused-ring (bicyclic) bond motifs is 1. The summed E-state index contributed by atoms with van der Waals surface area (Å²) in [7, 11) is -3.53. The molecule has 142 valence electrons. The molecule has 0 fully saturated rings. The zero-order valence-corrected chi connectivity index (χ0v) is 16.7. The van der Waals surface area contributed by atoms with Gasteiger partial charge in [-0.3, -0.25) is 4.98 Å². The summed E-state index contributed by atoms with van der Waals surface area (Å²) in [6.45, 7) is 2.06. The van der Waals surface area contributed by atoms with Crippen LogP contribution in [-0.2, 0) is 22.0 Å². The van der Waals surface area contributed by atoms with Gasteiger partial charge in [0.15, 0.2) is 9.84 Å². The first-order chi connectivity index (χ1) is 13.5. The van der Waals surface area contributed by atoms with Crippen LogP contribution in [0.25, 0.3) is 22.0 Å². The lowest BCUT2D eigenvalue weighted by Crippen LogP contribution is -2.05. The molecular formula is C21H17ClN2O3S. The summed E-state index contributed by atoms with van der Waals surface area (Å²) in [5, 5.41) is 6.07. The van der Waals surface area contributed by atoms with Gasteiger partial charge in [0.1, 0.15) is 12.0 Å². The van der Waals surface area contributed by atoms with Gasteiger partial charge >= 0.3 is 0 Å². The maximum atomic E-state index is 12.7. The van der Waals surface area contributed by atoms with E-state index in [1.54, 1.807) is 30.5 Å². The molecule has 0 aliphatic heterocycles. The molecule has 0 amide bonds. The van der Waals surface area contributed by atoms with Crippen LogP contribution >= 0.6 is 11.6 Å². The molecule has 4 rings (SSSR count). The van der Waals surface area contributed by atoms with Crippen molar-refractivity contribution in [2.24, 2.45) is 0 Å². The van der Waals surface area contributed by atoms with Crippen LogP contribution in [0, 0.1) is 0 Å². The van der Waals surface area contributed by atoms with Crippen LogP contribution in [0.1, 0.15) is 18.2 Å². The molecule has 5 nitrogen and oxygen atoms in total. The first-order valence-electron chi connectivity index (χ1n) is 8.77. The van der Waals surface area contributed by atoms with Crippen LogP contribution in [-0.4, -0.2) is 18.6 Å². The fourth-order valence-electron chi connectivity index (χ4n) is 3.24. The minimum Gasteiger partial charge on any atom is -0.364 e. The second-order valence-corrected chi connectivity index (χ2v) is 8.87. The highest BCUT2D eigenvalue weighted by Crippen LogP contribution is 2.32. The number of hydrogen-bond donors (Lipinski definition) is 0. The number of halogens is 1. The molecule has 2 aromatic carbocycles. The first-order valence-corrected chi connectivity index (χ1v) is 10.8. The Bertz CT molecular complexity index is 1250. The SMILES string of the molecule is CCc1cc(Cl)ccc1-c1nccc2cc(S(=O)(=O)Cc3ccon3)ccc12. The van der Waals surface area contributed by atoms with E-state index in [0.717, 1.165) is 34.0 Å². The fraction of sp³-hybridized carbons (Fsp3) is 0.143. The smallest absolute Gasteiger partial charge is 0.184 e. The molecule has 0 aliphatic rings. The van der Waals surface area contributed by atoms with E-state index in [-0.39, 0.29) is 10.6 Å². The first kappa shape index (κ1) is 18.7. The summed E-state index contributed by atoms with van der Waals surface area (Å²) in [6, 6.07) is 14.2. The Morgan fingerprint density at radius 3 is 2.68 bits per heavy atom. The number of rotatable bonds is 5. The quantitative estimate of drug-likeness (QED) is 0.457. The molecule has 28 heavy (non-hydrogen) atoms. The van der Waals surface area contributed by atoms with Crippen LogP contribution in [0.3, 0.4) is 0 Å². The van der Waals surface area contributed by atoms with E-state index in [9.17, 15) is 8.42 Å². The zero-order chi connectivity index (χ0) is 19.7. The molecule has 2 heterocycles. The molecule has 0 saturated carbocycles. The molecule has 0 aliphatic carbocycles. The van der Waals surface area contributed by atoms with E-state index >= 15 is 0 Å². The summed E-state index contributed by atoms with van der Waals surface area (Å²) in [5.74, 6) is -0.204. The van der Waals surface area contributed by atoms with Gasteiger partial charge in [0, 0.05) is 28.2 Å². The highest BCUT2D eigenvalue weighted by molar-refractivity contribution is 7.90. The van der Waals surface area contributed by atoms with Gasteiger partial charge in [0.2, 0.25) is 0 Å². The normalized spacial score (nSPS) is 11.8. The highest BCUT2D eigenvalue weighted by atomic mass is 35.5. The van der Waals surface area contributed by atoms with Crippen molar-refractivity contribution in [3.05, 3.63) is 77.3 Å². The van der Waals surface area contributed by atoms with Gasteiger partial charge in [-0.15, -0.1) is 0 Å². The zero-order valence-electron chi connectivity index (χ0n) is 15.1. The Morgan fingerprint density at radius 1 is 1.07 bits per heavy atom. The number of benzene rings is 2. The topological polar surface area (TPSA) is 73.1 Å². The summed E-state index contributed by atoms with van der Waals surface area (Å²) in [4.78, 5) is 4.80. The number of pyridine rings is 1. The summed E-state index contributed by atoms with van der Waals surface area (Å²) < 4.78 is 30.2. The van der Waals surface area contributed by atoms with Crippen molar-refractivity contribution in [1.82, 2.24) is 10.1 Å². The van der Waals surface area contributed by atoms with Gasteiger partial charge in [0.25, 0.3) is 0 Å². The molecule has 0 N–H and O–H groups in total. The molecule has 2 aromatic heterocycles. The van der Waals surface area contributed by atoms with Crippen molar-refractivity contribution < 1.29 is 12.9 Å². The van der Waals surface area contributed by atoms with Crippen molar-refractivity contribution >= 4 is 32.2 Å². The second-order valence-electron chi connectivity index (χ2n) is 6.45. The summed E-state index contributed by atoms with van der Waals surface area (Å²) in [5.41, 5.74) is 3.28. The molecule has 0 radical (unpaired) electrons.